The van der Waals surface area contributed by atoms with Gasteiger partial charge in [-0.15, -0.1) is 10.2 Å². The Hall–Kier alpha value is -2.86. The predicted molar refractivity (Wildman–Crippen MR) is 135 cm³/mol. The van der Waals surface area contributed by atoms with Crippen molar-refractivity contribution in [3.05, 3.63) is 53.7 Å². The molecule has 0 radical (unpaired) electrons. The second-order valence-electron chi connectivity index (χ2n) is 8.17. The molecule has 0 aliphatic heterocycles. The van der Waals surface area contributed by atoms with E-state index < -0.39 is 10.0 Å². The van der Waals surface area contributed by atoms with Gasteiger partial charge in [0.05, 0.1) is 10.5 Å². The van der Waals surface area contributed by atoms with Crippen molar-refractivity contribution in [2.75, 3.05) is 10.0 Å². The average molecular weight is 516 g/mol. The van der Waals surface area contributed by atoms with Crippen molar-refractivity contribution in [2.24, 2.45) is 5.73 Å². The molecular formula is C22H22ClN7O2S2. The van der Waals surface area contributed by atoms with Crippen LogP contribution in [0.1, 0.15) is 25.7 Å². The number of nitrogens with one attached hydrogen (secondary N) is 2. The molecule has 2 aromatic heterocycles. The number of benzene rings is 2. The molecule has 2 heterocycles. The summed E-state index contributed by atoms with van der Waals surface area (Å²) in [7, 11) is -3.88. The highest BCUT2D eigenvalue weighted by Gasteiger charge is 2.21. The Morgan fingerprint density at radius 1 is 1.06 bits per heavy atom. The first kappa shape index (κ1) is 22.9. The first-order valence-corrected chi connectivity index (χ1v) is 13.5. The van der Waals surface area contributed by atoms with Crippen LogP contribution in [0.2, 0.25) is 5.02 Å². The normalized spacial score (nSPS) is 18.6. The van der Waals surface area contributed by atoms with Crippen molar-refractivity contribution >= 4 is 54.9 Å². The summed E-state index contributed by atoms with van der Waals surface area (Å²) in [6.45, 7) is 0. The lowest BCUT2D eigenvalue weighted by Crippen LogP contribution is -2.33. The lowest BCUT2D eigenvalue weighted by Gasteiger charge is -2.26. The van der Waals surface area contributed by atoms with Crippen LogP contribution in [0.4, 0.5) is 11.1 Å². The number of halogens is 1. The van der Waals surface area contributed by atoms with E-state index in [2.05, 4.69) is 30.2 Å². The van der Waals surface area contributed by atoms with Crippen molar-refractivity contribution in [1.29, 1.82) is 0 Å². The molecule has 0 saturated heterocycles. The molecular weight excluding hydrogens is 494 g/mol. The van der Waals surface area contributed by atoms with E-state index in [1.165, 1.54) is 12.1 Å². The Bertz CT molecular complexity index is 1440. The molecule has 34 heavy (non-hydrogen) atoms. The highest BCUT2D eigenvalue weighted by atomic mass is 35.5. The third-order valence-corrected chi connectivity index (χ3v) is 8.56. The minimum Gasteiger partial charge on any atom is -0.351 e. The van der Waals surface area contributed by atoms with Gasteiger partial charge in [-0.05, 0) is 56.0 Å². The minimum atomic E-state index is -3.88. The molecule has 1 fully saturated rings. The number of hydrogen-bond acceptors (Lipinski definition) is 9. The molecule has 0 amide bonds. The number of hydrogen-bond donors (Lipinski definition) is 3. The van der Waals surface area contributed by atoms with Gasteiger partial charge in [0.2, 0.25) is 11.1 Å². The number of nitrogens with two attached hydrogens (primary N) is 1. The maximum absolute atomic E-state index is 12.6. The van der Waals surface area contributed by atoms with E-state index in [0.717, 1.165) is 53.5 Å². The van der Waals surface area contributed by atoms with Gasteiger partial charge in [-0.25, -0.2) is 18.4 Å². The van der Waals surface area contributed by atoms with Crippen LogP contribution in [0.3, 0.4) is 0 Å². The van der Waals surface area contributed by atoms with Gasteiger partial charge in [-0.1, -0.05) is 35.1 Å². The lowest BCUT2D eigenvalue weighted by molar-refractivity contribution is 0.410. The quantitative estimate of drug-likeness (QED) is 0.346. The molecule has 1 saturated carbocycles. The van der Waals surface area contributed by atoms with Crippen LogP contribution in [0.25, 0.3) is 21.5 Å². The lowest BCUT2D eigenvalue weighted by atomic mass is 9.92. The Morgan fingerprint density at radius 3 is 2.65 bits per heavy atom. The first-order valence-electron chi connectivity index (χ1n) is 10.8. The van der Waals surface area contributed by atoms with E-state index in [1.54, 1.807) is 18.3 Å². The number of aromatic nitrogens is 4. The molecule has 12 heteroatoms. The average Bonchev–Trinajstić information content (AvgIpc) is 3.28. The third-order valence-electron chi connectivity index (χ3n) is 5.70. The van der Waals surface area contributed by atoms with Crippen LogP contribution in [0, 0.1) is 0 Å². The first-order chi connectivity index (χ1) is 16.4. The standard InChI is InChI=1S/C22H22ClN7O2S2/c23-17-3-1-2-4-19(17)34(31,32)30-22-29-28-20(33-22)13-5-10-18-14(11-13)12-25-21(27-18)26-16-8-6-15(24)7-9-16/h1-5,10-12,15-16H,6-9,24H2,(H,29,30)(H,25,26,27). The molecule has 4 aromatic rings. The predicted octanol–water partition coefficient (Wildman–Crippen LogP) is 4.28. The van der Waals surface area contributed by atoms with Crippen LogP contribution in [0.5, 0.6) is 0 Å². The smallest absolute Gasteiger partial charge is 0.265 e. The molecule has 1 aliphatic rings. The van der Waals surface area contributed by atoms with E-state index in [9.17, 15) is 8.42 Å². The molecule has 1 aliphatic carbocycles. The third kappa shape index (κ3) is 4.97. The molecule has 9 nitrogen and oxygen atoms in total. The molecule has 2 aromatic carbocycles. The maximum atomic E-state index is 12.6. The summed E-state index contributed by atoms with van der Waals surface area (Å²) < 4.78 is 27.7. The summed E-state index contributed by atoms with van der Waals surface area (Å²) in [6, 6.07) is 12.5. The molecule has 0 bridgehead atoms. The Balaban J connectivity index is 1.32. The zero-order valence-electron chi connectivity index (χ0n) is 18.0. The molecule has 0 spiro atoms. The van der Waals surface area contributed by atoms with E-state index in [4.69, 9.17) is 17.3 Å². The van der Waals surface area contributed by atoms with Gasteiger partial charge in [0, 0.05) is 29.2 Å². The Morgan fingerprint density at radius 2 is 1.85 bits per heavy atom. The summed E-state index contributed by atoms with van der Waals surface area (Å²) in [6.07, 6.45) is 5.81. The fourth-order valence-corrected chi connectivity index (χ4v) is 6.39. The SMILES string of the molecule is NC1CCC(Nc2ncc3cc(-c4nnc(NS(=O)(=O)c5ccccc5Cl)s4)ccc3n2)CC1. The van der Waals surface area contributed by atoms with Gasteiger partial charge < -0.3 is 11.1 Å². The fraction of sp³-hybridized carbons (Fsp3) is 0.273. The highest BCUT2D eigenvalue weighted by Crippen LogP contribution is 2.31. The maximum Gasteiger partial charge on any atom is 0.265 e. The largest absolute Gasteiger partial charge is 0.351 e. The minimum absolute atomic E-state index is 0.0169. The van der Waals surface area contributed by atoms with Crippen molar-refractivity contribution in [3.8, 4) is 10.6 Å². The fourth-order valence-electron chi connectivity index (χ4n) is 3.90. The second-order valence-corrected chi connectivity index (χ2v) is 11.2. The number of fused-ring (bicyclic) bond motifs is 1. The van der Waals surface area contributed by atoms with Crippen molar-refractivity contribution in [2.45, 2.75) is 42.7 Å². The van der Waals surface area contributed by atoms with E-state index in [-0.39, 0.29) is 15.0 Å². The van der Waals surface area contributed by atoms with Crippen molar-refractivity contribution < 1.29 is 8.42 Å². The Labute approximate surface area is 205 Å². The molecule has 0 unspecified atom stereocenters. The van der Waals surface area contributed by atoms with Gasteiger partial charge >= 0.3 is 0 Å². The van der Waals surface area contributed by atoms with Crippen LogP contribution in [0.15, 0.2) is 53.6 Å². The van der Waals surface area contributed by atoms with Gasteiger partial charge in [0.1, 0.15) is 9.90 Å². The number of rotatable bonds is 6. The number of nitrogens with zero attached hydrogens (tertiary/aromatic N) is 4. The van der Waals surface area contributed by atoms with Crippen LogP contribution < -0.4 is 15.8 Å². The van der Waals surface area contributed by atoms with Gasteiger partial charge in [0.15, 0.2) is 0 Å². The second kappa shape index (κ2) is 9.41. The summed E-state index contributed by atoms with van der Waals surface area (Å²) in [5, 5.41) is 13.2. The van der Waals surface area contributed by atoms with E-state index in [1.807, 2.05) is 18.2 Å². The van der Waals surface area contributed by atoms with Gasteiger partial charge in [0.25, 0.3) is 10.0 Å². The van der Waals surface area contributed by atoms with Gasteiger partial charge in [-0.2, -0.15) is 0 Å². The molecule has 0 atom stereocenters. The molecule has 176 valence electrons. The summed E-state index contributed by atoms with van der Waals surface area (Å²) in [5.41, 5.74) is 7.58. The van der Waals surface area contributed by atoms with Crippen LogP contribution >= 0.6 is 22.9 Å². The van der Waals surface area contributed by atoms with Crippen LogP contribution in [-0.4, -0.2) is 40.7 Å². The summed E-state index contributed by atoms with van der Waals surface area (Å²) >= 11 is 7.16. The topological polar surface area (TPSA) is 136 Å². The van der Waals surface area contributed by atoms with E-state index in [0.29, 0.717) is 23.0 Å². The number of anilines is 2. The number of sulfonamides is 1. The van der Waals surface area contributed by atoms with Crippen LogP contribution in [-0.2, 0) is 10.0 Å². The zero-order valence-corrected chi connectivity index (χ0v) is 20.4. The van der Waals surface area contributed by atoms with E-state index >= 15 is 0 Å². The van der Waals surface area contributed by atoms with Gasteiger partial charge in [-0.3, -0.25) is 4.72 Å². The molecule has 5 rings (SSSR count). The highest BCUT2D eigenvalue weighted by molar-refractivity contribution is 7.93. The van der Waals surface area contributed by atoms with Crippen molar-refractivity contribution in [3.63, 3.8) is 0 Å². The Kier molecular flexibility index (Phi) is 6.34. The molecule has 4 N–H and O–H groups in total. The monoisotopic (exact) mass is 515 g/mol. The summed E-state index contributed by atoms with van der Waals surface area (Å²) in [5.74, 6) is 0.605. The summed E-state index contributed by atoms with van der Waals surface area (Å²) in [4.78, 5) is 9.07. The zero-order chi connectivity index (χ0) is 23.7. The van der Waals surface area contributed by atoms with Crippen molar-refractivity contribution in [1.82, 2.24) is 20.2 Å².